The van der Waals surface area contributed by atoms with Crippen LogP contribution in [0.3, 0.4) is 0 Å². The minimum absolute atomic E-state index is 0.0463. The van der Waals surface area contributed by atoms with Gasteiger partial charge in [0.1, 0.15) is 12.2 Å². The van der Waals surface area contributed by atoms with Crippen LogP contribution < -0.4 is 0 Å². The van der Waals surface area contributed by atoms with E-state index >= 15 is 0 Å². The largest absolute Gasteiger partial charge is 0.478 e. The Hall–Kier alpha value is -0.950. The maximum Gasteiger partial charge on any atom is 0.336 e. The molecule has 6 heteroatoms. The van der Waals surface area contributed by atoms with E-state index in [1.807, 2.05) is 0 Å². The lowest BCUT2D eigenvalue weighted by Gasteiger charge is -2.14. The van der Waals surface area contributed by atoms with E-state index in [1.165, 1.54) is 11.4 Å². The molecule has 0 fully saturated rings. The summed E-state index contributed by atoms with van der Waals surface area (Å²) < 4.78 is 0. The van der Waals surface area contributed by atoms with Crippen LogP contribution in [0.2, 0.25) is 0 Å². The summed E-state index contributed by atoms with van der Waals surface area (Å²) in [7, 11) is 0. The SMILES string of the molecule is O=C(O)c1ccsc1C(O)C(O)CO. The van der Waals surface area contributed by atoms with Crippen LogP contribution in [0.4, 0.5) is 0 Å². The predicted octanol–water partition coefficient (Wildman–Crippen LogP) is -0.167. The van der Waals surface area contributed by atoms with Crippen LogP contribution >= 0.6 is 11.3 Å². The molecule has 0 aliphatic rings. The summed E-state index contributed by atoms with van der Waals surface area (Å²) in [5.74, 6) is -1.16. The molecule has 2 atom stereocenters. The summed E-state index contributed by atoms with van der Waals surface area (Å²) in [6.07, 6.45) is -2.71. The van der Waals surface area contributed by atoms with Crippen LogP contribution in [-0.4, -0.2) is 39.1 Å². The molecule has 0 spiro atoms. The first-order chi connectivity index (χ1) is 6.57. The molecule has 0 aromatic carbocycles. The van der Waals surface area contributed by atoms with Crippen LogP contribution in [0.1, 0.15) is 21.3 Å². The van der Waals surface area contributed by atoms with E-state index < -0.39 is 24.8 Å². The van der Waals surface area contributed by atoms with Gasteiger partial charge < -0.3 is 20.4 Å². The maximum absolute atomic E-state index is 10.6. The third kappa shape index (κ3) is 2.10. The van der Waals surface area contributed by atoms with Crippen LogP contribution in [0, 0.1) is 0 Å². The van der Waals surface area contributed by atoms with Gasteiger partial charge in [0, 0.05) is 0 Å². The second-order valence-corrected chi connectivity index (χ2v) is 3.65. The van der Waals surface area contributed by atoms with Crippen molar-refractivity contribution in [3.63, 3.8) is 0 Å². The summed E-state index contributed by atoms with van der Waals surface area (Å²) >= 11 is 1.03. The second kappa shape index (κ2) is 4.52. The van der Waals surface area contributed by atoms with Gasteiger partial charge in [-0.3, -0.25) is 0 Å². The molecule has 0 bridgehead atoms. The average Bonchev–Trinajstić information content (AvgIpc) is 2.63. The molecule has 14 heavy (non-hydrogen) atoms. The van der Waals surface area contributed by atoms with Crippen molar-refractivity contribution in [3.8, 4) is 0 Å². The Kier molecular flexibility index (Phi) is 3.59. The Morgan fingerprint density at radius 3 is 2.64 bits per heavy atom. The highest BCUT2D eigenvalue weighted by Gasteiger charge is 2.24. The fourth-order valence-electron chi connectivity index (χ4n) is 1.00. The first-order valence-electron chi connectivity index (χ1n) is 3.85. The van der Waals surface area contributed by atoms with Crippen LogP contribution in [0.15, 0.2) is 11.4 Å². The maximum atomic E-state index is 10.6. The van der Waals surface area contributed by atoms with Crippen molar-refractivity contribution in [1.29, 1.82) is 0 Å². The standard InChI is InChI=1S/C8H10O5S/c9-3-5(10)6(11)7-4(8(12)13)1-2-14-7/h1-2,5-6,9-11H,3H2,(H,12,13). The summed E-state index contributed by atoms with van der Waals surface area (Å²) in [5.41, 5.74) is -0.0463. The lowest BCUT2D eigenvalue weighted by atomic mass is 10.1. The lowest BCUT2D eigenvalue weighted by Crippen LogP contribution is -2.22. The predicted molar refractivity (Wildman–Crippen MR) is 49.3 cm³/mol. The van der Waals surface area contributed by atoms with E-state index in [4.69, 9.17) is 15.3 Å². The van der Waals surface area contributed by atoms with Gasteiger partial charge in [0.2, 0.25) is 0 Å². The molecule has 2 unspecified atom stereocenters. The van der Waals surface area contributed by atoms with E-state index in [1.54, 1.807) is 0 Å². The van der Waals surface area contributed by atoms with E-state index in [2.05, 4.69) is 0 Å². The number of thiophene rings is 1. The molecular weight excluding hydrogens is 208 g/mol. The van der Waals surface area contributed by atoms with Gasteiger partial charge in [0.25, 0.3) is 0 Å². The molecule has 1 heterocycles. The van der Waals surface area contributed by atoms with E-state index in [-0.39, 0.29) is 10.4 Å². The number of carbonyl (C=O) groups is 1. The van der Waals surface area contributed by atoms with E-state index in [0.717, 1.165) is 11.3 Å². The Labute approximate surface area is 83.9 Å². The van der Waals surface area contributed by atoms with Gasteiger partial charge in [-0.1, -0.05) is 0 Å². The van der Waals surface area contributed by atoms with Crippen molar-refractivity contribution in [1.82, 2.24) is 0 Å². The van der Waals surface area contributed by atoms with Gasteiger partial charge in [-0.15, -0.1) is 11.3 Å². The number of hydrogen-bond acceptors (Lipinski definition) is 5. The zero-order valence-corrected chi connectivity index (χ0v) is 7.94. The molecule has 0 saturated heterocycles. The lowest BCUT2D eigenvalue weighted by molar-refractivity contribution is -0.0140. The molecule has 1 aromatic rings. The van der Waals surface area contributed by atoms with Crippen molar-refractivity contribution in [2.45, 2.75) is 12.2 Å². The van der Waals surface area contributed by atoms with Crippen molar-refractivity contribution in [2.75, 3.05) is 6.61 Å². The van der Waals surface area contributed by atoms with Crippen LogP contribution in [0.25, 0.3) is 0 Å². The van der Waals surface area contributed by atoms with Crippen molar-refractivity contribution < 1.29 is 25.2 Å². The van der Waals surface area contributed by atoms with Crippen LogP contribution in [0.5, 0.6) is 0 Å². The minimum Gasteiger partial charge on any atom is -0.478 e. The molecule has 78 valence electrons. The van der Waals surface area contributed by atoms with Crippen molar-refractivity contribution in [3.05, 3.63) is 21.9 Å². The molecule has 1 aromatic heterocycles. The highest BCUT2D eigenvalue weighted by atomic mass is 32.1. The van der Waals surface area contributed by atoms with Gasteiger partial charge >= 0.3 is 5.97 Å². The highest BCUT2D eigenvalue weighted by molar-refractivity contribution is 7.10. The number of rotatable bonds is 4. The topological polar surface area (TPSA) is 98.0 Å². The zero-order valence-electron chi connectivity index (χ0n) is 7.12. The van der Waals surface area contributed by atoms with Crippen molar-refractivity contribution >= 4 is 17.3 Å². The third-order valence-electron chi connectivity index (χ3n) is 1.75. The fourth-order valence-corrected chi connectivity index (χ4v) is 1.93. The smallest absolute Gasteiger partial charge is 0.336 e. The Morgan fingerprint density at radius 1 is 1.50 bits per heavy atom. The molecule has 0 amide bonds. The highest BCUT2D eigenvalue weighted by Crippen LogP contribution is 2.26. The van der Waals surface area contributed by atoms with E-state index in [0.29, 0.717) is 0 Å². The number of aliphatic hydroxyl groups excluding tert-OH is 3. The second-order valence-electron chi connectivity index (χ2n) is 2.70. The van der Waals surface area contributed by atoms with Crippen molar-refractivity contribution in [2.24, 2.45) is 0 Å². The van der Waals surface area contributed by atoms with Gasteiger partial charge in [0.05, 0.1) is 17.0 Å². The van der Waals surface area contributed by atoms with Gasteiger partial charge in [0.15, 0.2) is 0 Å². The normalized spacial score (nSPS) is 15.1. The number of aromatic carboxylic acids is 1. The molecule has 0 radical (unpaired) electrons. The van der Waals surface area contributed by atoms with Gasteiger partial charge in [-0.2, -0.15) is 0 Å². The number of hydrogen-bond donors (Lipinski definition) is 4. The number of aliphatic hydroxyl groups is 3. The molecule has 0 aliphatic heterocycles. The van der Waals surface area contributed by atoms with E-state index in [9.17, 15) is 9.90 Å². The molecular formula is C8H10O5S. The van der Waals surface area contributed by atoms with Gasteiger partial charge in [-0.25, -0.2) is 4.79 Å². The minimum atomic E-state index is -1.36. The molecule has 4 N–H and O–H groups in total. The fraction of sp³-hybridized carbons (Fsp3) is 0.375. The Bertz CT molecular complexity index is 321. The summed E-state index contributed by atoms with van der Waals surface area (Å²) in [4.78, 5) is 10.8. The molecule has 0 saturated carbocycles. The monoisotopic (exact) mass is 218 g/mol. The average molecular weight is 218 g/mol. The Morgan fingerprint density at radius 2 is 2.14 bits per heavy atom. The first-order valence-corrected chi connectivity index (χ1v) is 4.73. The molecule has 1 rings (SSSR count). The Balaban J connectivity index is 2.94. The third-order valence-corrected chi connectivity index (χ3v) is 2.73. The number of carboxylic acid groups (broad SMARTS) is 1. The molecule has 5 nitrogen and oxygen atoms in total. The summed E-state index contributed by atoms with van der Waals surface area (Å²) in [6, 6.07) is 1.34. The summed E-state index contributed by atoms with van der Waals surface area (Å²) in [6.45, 7) is -0.613. The first kappa shape index (κ1) is 11.1. The number of carboxylic acids is 1. The van der Waals surface area contributed by atoms with Gasteiger partial charge in [-0.05, 0) is 11.4 Å². The quantitative estimate of drug-likeness (QED) is 0.562. The molecule has 0 aliphatic carbocycles. The summed E-state index contributed by atoms with van der Waals surface area (Å²) in [5, 5.41) is 37.4. The van der Waals surface area contributed by atoms with Crippen LogP contribution in [-0.2, 0) is 0 Å². The zero-order chi connectivity index (χ0) is 10.7.